The number of sulfonamides is 1. The quantitative estimate of drug-likeness (QED) is 0.498. The molecular formula is C26H26N2O5S. The van der Waals surface area contributed by atoms with E-state index in [1.165, 1.54) is 28.6 Å². The Labute approximate surface area is 199 Å². The van der Waals surface area contributed by atoms with Crippen molar-refractivity contribution < 1.29 is 22.7 Å². The highest BCUT2D eigenvalue weighted by molar-refractivity contribution is 7.89. The van der Waals surface area contributed by atoms with Crippen LogP contribution in [0, 0.1) is 0 Å². The molecule has 0 spiro atoms. The Morgan fingerprint density at radius 1 is 0.824 bits per heavy atom. The molecule has 0 unspecified atom stereocenters. The number of carbonyl (C=O) groups is 2. The maximum absolute atomic E-state index is 12.9. The predicted octanol–water partition coefficient (Wildman–Crippen LogP) is 3.78. The number of nitrogens with zero attached hydrogens (tertiary/aromatic N) is 1. The van der Waals surface area contributed by atoms with E-state index in [0.717, 1.165) is 24.0 Å². The minimum Gasteiger partial charge on any atom is -0.455 e. The van der Waals surface area contributed by atoms with E-state index in [0.29, 0.717) is 18.8 Å². The van der Waals surface area contributed by atoms with Gasteiger partial charge in [0.05, 0.1) is 4.90 Å². The number of anilines is 1. The number of hydrogen-bond donors (Lipinski definition) is 1. The van der Waals surface area contributed by atoms with Crippen LogP contribution >= 0.6 is 0 Å². The maximum Gasteiger partial charge on any atom is 0.318 e. The largest absolute Gasteiger partial charge is 0.455 e. The van der Waals surface area contributed by atoms with Gasteiger partial charge in [-0.05, 0) is 48.2 Å². The van der Waals surface area contributed by atoms with E-state index < -0.39 is 34.4 Å². The molecule has 3 aromatic rings. The minimum atomic E-state index is -3.52. The molecule has 7 nitrogen and oxygen atoms in total. The van der Waals surface area contributed by atoms with Crippen LogP contribution < -0.4 is 5.32 Å². The van der Waals surface area contributed by atoms with Crippen LogP contribution in [0.1, 0.15) is 29.9 Å². The first-order valence-corrected chi connectivity index (χ1v) is 12.6. The molecule has 0 aromatic heterocycles. The molecule has 1 aliphatic heterocycles. The van der Waals surface area contributed by atoms with Gasteiger partial charge < -0.3 is 10.1 Å². The van der Waals surface area contributed by atoms with Gasteiger partial charge in [0, 0.05) is 18.8 Å². The van der Waals surface area contributed by atoms with Crippen LogP contribution in [-0.2, 0) is 24.3 Å². The smallest absolute Gasteiger partial charge is 0.318 e. The van der Waals surface area contributed by atoms with Gasteiger partial charge in [-0.1, -0.05) is 60.7 Å². The highest BCUT2D eigenvalue weighted by atomic mass is 32.2. The second kappa shape index (κ2) is 10.6. The van der Waals surface area contributed by atoms with Crippen molar-refractivity contribution in [3.63, 3.8) is 0 Å². The van der Waals surface area contributed by atoms with Crippen LogP contribution in [0.3, 0.4) is 0 Å². The molecule has 1 heterocycles. The van der Waals surface area contributed by atoms with E-state index in [1.54, 1.807) is 0 Å². The first kappa shape index (κ1) is 23.7. The van der Waals surface area contributed by atoms with Crippen molar-refractivity contribution in [2.75, 3.05) is 25.0 Å². The number of rotatable bonds is 8. The average Bonchev–Trinajstić information content (AvgIpc) is 3.41. The fourth-order valence-electron chi connectivity index (χ4n) is 3.96. The summed E-state index contributed by atoms with van der Waals surface area (Å²) in [4.78, 5) is 25.5. The molecule has 1 amide bonds. The number of carbonyl (C=O) groups excluding carboxylic acids is 2. The second-order valence-electron chi connectivity index (χ2n) is 8.05. The number of benzene rings is 3. The summed E-state index contributed by atoms with van der Waals surface area (Å²) in [6.45, 7) is 0.598. The van der Waals surface area contributed by atoms with Crippen molar-refractivity contribution in [1.82, 2.24) is 4.31 Å². The van der Waals surface area contributed by atoms with E-state index in [1.807, 2.05) is 60.7 Å². The van der Waals surface area contributed by atoms with Crippen molar-refractivity contribution in [3.8, 4) is 0 Å². The highest BCUT2D eigenvalue weighted by Crippen LogP contribution is 2.26. The molecule has 0 radical (unpaired) electrons. The summed E-state index contributed by atoms with van der Waals surface area (Å²) < 4.78 is 32.1. The summed E-state index contributed by atoms with van der Waals surface area (Å²) in [6.07, 6.45) is 1.73. The van der Waals surface area contributed by atoms with Gasteiger partial charge in [0.15, 0.2) is 6.61 Å². The van der Waals surface area contributed by atoms with E-state index >= 15 is 0 Å². The summed E-state index contributed by atoms with van der Waals surface area (Å²) >= 11 is 0. The Balaban J connectivity index is 1.38. The number of amides is 1. The molecule has 0 saturated carbocycles. The standard InChI is InChI=1S/C26H26N2O5S/c29-24(27-22-13-15-23(16-14-22)34(31,32)28-17-7-8-18-28)19-33-26(30)25(20-9-3-1-4-10-20)21-11-5-2-6-12-21/h1-6,9-16,25H,7-8,17-19H2,(H,27,29). The van der Waals surface area contributed by atoms with Crippen molar-refractivity contribution in [2.24, 2.45) is 0 Å². The number of esters is 1. The molecule has 1 N–H and O–H groups in total. The van der Waals surface area contributed by atoms with Gasteiger partial charge in [-0.15, -0.1) is 0 Å². The van der Waals surface area contributed by atoms with Gasteiger partial charge in [-0.2, -0.15) is 4.31 Å². The third-order valence-corrected chi connectivity index (χ3v) is 7.60. The van der Waals surface area contributed by atoms with E-state index in [-0.39, 0.29) is 4.90 Å². The van der Waals surface area contributed by atoms with Gasteiger partial charge >= 0.3 is 5.97 Å². The summed E-state index contributed by atoms with van der Waals surface area (Å²) in [5.41, 5.74) is 1.96. The third kappa shape index (κ3) is 5.52. The average molecular weight is 479 g/mol. The highest BCUT2D eigenvalue weighted by Gasteiger charge is 2.27. The molecular weight excluding hydrogens is 452 g/mol. The normalized spacial score (nSPS) is 14.1. The fraction of sp³-hybridized carbons (Fsp3) is 0.231. The summed E-state index contributed by atoms with van der Waals surface area (Å²) in [5, 5.41) is 2.64. The van der Waals surface area contributed by atoms with Crippen molar-refractivity contribution in [2.45, 2.75) is 23.7 Å². The molecule has 0 bridgehead atoms. The van der Waals surface area contributed by atoms with Crippen molar-refractivity contribution in [1.29, 1.82) is 0 Å². The fourth-order valence-corrected chi connectivity index (χ4v) is 5.48. The van der Waals surface area contributed by atoms with Crippen molar-refractivity contribution in [3.05, 3.63) is 96.1 Å². The van der Waals surface area contributed by atoms with E-state index in [2.05, 4.69) is 5.32 Å². The topological polar surface area (TPSA) is 92.8 Å². The van der Waals surface area contributed by atoms with E-state index in [9.17, 15) is 18.0 Å². The first-order chi connectivity index (χ1) is 16.4. The molecule has 8 heteroatoms. The van der Waals surface area contributed by atoms with Crippen LogP contribution in [-0.4, -0.2) is 44.3 Å². The van der Waals surface area contributed by atoms with Gasteiger partial charge in [0.1, 0.15) is 5.92 Å². The van der Waals surface area contributed by atoms with Gasteiger partial charge in [-0.3, -0.25) is 9.59 Å². The lowest BCUT2D eigenvalue weighted by atomic mass is 9.91. The SMILES string of the molecule is O=C(COC(=O)C(c1ccccc1)c1ccccc1)Nc1ccc(S(=O)(=O)N2CCCC2)cc1. The lowest BCUT2D eigenvalue weighted by Gasteiger charge is -2.17. The summed E-state index contributed by atoms with van der Waals surface area (Å²) in [6, 6.07) is 24.5. The van der Waals surface area contributed by atoms with Crippen LogP contribution in [0.5, 0.6) is 0 Å². The van der Waals surface area contributed by atoms with Crippen molar-refractivity contribution >= 4 is 27.6 Å². The Bertz CT molecular complexity index is 1180. The monoisotopic (exact) mass is 478 g/mol. The molecule has 3 aromatic carbocycles. The Morgan fingerprint density at radius 2 is 1.35 bits per heavy atom. The molecule has 0 aliphatic carbocycles. The number of nitrogens with one attached hydrogen (secondary N) is 1. The maximum atomic E-state index is 12.9. The molecule has 4 rings (SSSR count). The molecule has 1 fully saturated rings. The Morgan fingerprint density at radius 3 is 1.88 bits per heavy atom. The summed E-state index contributed by atoms with van der Waals surface area (Å²) in [5.74, 6) is -1.69. The van der Waals surface area contributed by atoms with Crippen LogP contribution in [0.25, 0.3) is 0 Å². The number of hydrogen-bond acceptors (Lipinski definition) is 5. The first-order valence-electron chi connectivity index (χ1n) is 11.1. The van der Waals surface area contributed by atoms with Gasteiger partial charge in [0.2, 0.25) is 10.0 Å². The third-order valence-electron chi connectivity index (χ3n) is 5.69. The van der Waals surface area contributed by atoms with Gasteiger partial charge in [0.25, 0.3) is 5.91 Å². The zero-order valence-corrected chi connectivity index (χ0v) is 19.4. The zero-order chi connectivity index (χ0) is 24.0. The molecule has 1 aliphatic rings. The summed E-state index contributed by atoms with van der Waals surface area (Å²) in [7, 11) is -3.52. The Kier molecular flexibility index (Phi) is 7.40. The molecule has 0 atom stereocenters. The lowest BCUT2D eigenvalue weighted by molar-refractivity contribution is -0.147. The minimum absolute atomic E-state index is 0.187. The second-order valence-corrected chi connectivity index (χ2v) is 9.98. The Hall–Kier alpha value is -3.49. The molecule has 1 saturated heterocycles. The van der Waals surface area contributed by atoms with Crippen LogP contribution in [0.15, 0.2) is 89.8 Å². The molecule has 176 valence electrons. The zero-order valence-electron chi connectivity index (χ0n) is 18.6. The predicted molar refractivity (Wildman–Crippen MR) is 129 cm³/mol. The van der Waals surface area contributed by atoms with Gasteiger partial charge in [-0.25, -0.2) is 8.42 Å². The molecule has 34 heavy (non-hydrogen) atoms. The lowest BCUT2D eigenvalue weighted by Crippen LogP contribution is -2.27. The van der Waals surface area contributed by atoms with Crippen LogP contribution in [0.2, 0.25) is 0 Å². The van der Waals surface area contributed by atoms with Crippen LogP contribution in [0.4, 0.5) is 5.69 Å². The van der Waals surface area contributed by atoms with E-state index in [4.69, 9.17) is 4.74 Å². The number of ether oxygens (including phenoxy) is 1.